The zero-order valence-corrected chi connectivity index (χ0v) is 46.3. The van der Waals surface area contributed by atoms with Gasteiger partial charge in [-0.3, -0.25) is 29.0 Å². The molecule has 0 radical (unpaired) electrons. The molecule has 4 saturated heterocycles. The third-order valence-corrected chi connectivity index (χ3v) is 17.1. The molecule has 84 heavy (non-hydrogen) atoms. The molecule has 4 fully saturated rings. The molecule has 12 rings (SSSR count). The minimum atomic E-state index is -1.22. The molecule has 0 unspecified atom stereocenters. The second-order valence-electron chi connectivity index (χ2n) is 22.3. The molecule has 8 aromatic carbocycles. The summed E-state index contributed by atoms with van der Waals surface area (Å²) in [4.78, 5) is 82.4. The first-order valence-corrected chi connectivity index (χ1v) is 28.6. The van der Waals surface area contributed by atoms with Crippen molar-refractivity contribution in [3.05, 3.63) is 215 Å². The van der Waals surface area contributed by atoms with Crippen molar-refractivity contribution >= 4 is 51.2 Å². The molecule has 428 valence electrons. The summed E-state index contributed by atoms with van der Waals surface area (Å²) in [6.07, 6.45) is -0.930. The van der Waals surface area contributed by atoms with E-state index in [2.05, 4.69) is 27.7 Å². The molecule has 0 bridgehead atoms. The van der Waals surface area contributed by atoms with Crippen LogP contribution < -0.4 is 10.6 Å². The van der Waals surface area contributed by atoms with Gasteiger partial charge in [-0.05, 0) is 96.4 Å². The van der Waals surface area contributed by atoms with Crippen LogP contribution in [0, 0.1) is 0 Å². The second-order valence-corrected chi connectivity index (χ2v) is 22.3. The maximum Gasteiger partial charge on any atom is 0.320 e. The number of carbonyl (C=O) groups is 5. The third kappa shape index (κ3) is 11.1. The van der Waals surface area contributed by atoms with Gasteiger partial charge in [0.1, 0.15) is 42.0 Å². The monoisotopic (exact) mass is 1130 g/mol. The number of nitrogens with one attached hydrogen (secondary N) is 2. The third-order valence-electron chi connectivity index (χ3n) is 17.1. The molecule has 0 aromatic heterocycles. The Bertz CT molecular complexity index is 3730. The van der Waals surface area contributed by atoms with Crippen molar-refractivity contribution in [3.8, 4) is 22.6 Å². The van der Waals surface area contributed by atoms with E-state index in [0.29, 0.717) is 13.2 Å². The standard InChI is InChI=1S/C67H66N8O9/c76-40-53-33-63(80)73-58(30-43-18-25-54(78)26-19-43)64(81)70(38-61(73)72(53)42-68-34-45-8-2-1-3-9-45)37-52-14-7-12-50-32-49(24-29-57(50)52)47-22-16-46(17-23-47)35-69-67(84)75-60(41-77)66(83)74-59(31-44-20-27-55(79)28-21-44)65(82)71(39-62(74)75)36-51-13-6-11-48-10-4-5-15-56(48)51/h1-29,32,53,58-62,68,76-79H,30-31,33-42H2,(H,69,84)/t53-,58-,59-,60-,61+,62-/m0/s1. The highest BCUT2D eigenvalue weighted by atomic mass is 16.3. The van der Waals surface area contributed by atoms with Crippen molar-refractivity contribution in [3.63, 3.8) is 0 Å². The maximum absolute atomic E-state index is 14.8. The number of urea groups is 1. The number of aliphatic hydroxyl groups excluding tert-OH is 2. The van der Waals surface area contributed by atoms with Gasteiger partial charge in [-0.2, -0.15) is 0 Å². The average Bonchev–Trinajstić information content (AvgIpc) is 1.81. The zero-order valence-electron chi connectivity index (χ0n) is 46.3. The molecule has 0 saturated carbocycles. The molecule has 17 heteroatoms. The molecule has 0 aliphatic carbocycles. The highest BCUT2D eigenvalue weighted by Gasteiger charge is 2.56. The highest BCUT2D eigenvalue weighted by molar-refractivity contribution is 5.97. The lowest BCUT2D eigenvalue weighted by Crippen LogP contribution is -2.73. The van der Waals surface area contributed by atoms with Crippen LogP contribution in [0.1, 0.15) is 39.8 Å². The number of phenols is 2. The van der Waals surface area contributed by atoms with Gasteiger partial charge in [-0.1, -0.05) is 152 Å². The van der Waals surface area contributed by atoms with Crippen LogP contribution in [0.25, 0.3) is 32.7 Å². The molecular formula is C67H66N8O9. The van der Waals surface area contributed by atoms with Gasteiger partial charge in [-0.15, -0.1) is 0 Å². The van der Waals surface area contributed by atoms with Gasteiger partial charge in [0.2, 0.25) is 23.6 Å². The Morgan fingerprint density at radius 3 is 1.69 bits per heavy atom. The number of carbonyl (C=O) groups excluding carboxylic acids is 5. The molecule has 6 N–H and O–H groups in total. The fraction of sp³-hybridized carbons (Fsp3) is 0.269. The van der Waals surface area contributed by atoms with E-state index in [9.17, 15) is 44.4 Å². The molecule has 0 spiro atoms. The molecule has 17 nitrogen and oxygen atoms in total. The van der Waals surface area contributed by atoms with Gasteiger partial charge in [0.25, 0.3) is 0 Å². The molecule has 8 aromatic rings. The SMILES string of the molecule is O=C1[C@H](Cc2ccc(O)cc2)N2C(=O)[C@H](CO)N(C(=O)NCc3ccc(-c4ccc5c(CN6C[C@@H]7N(CNCc8ccccc8)[C@H](CO)CC(=O)N7[C@@H](Cc7ccc(O)cc7)C6=O)cccc5c4)cc3)[C@H]2CN1Cc1cccc2ccccc12. The van der Waals surface area contributed by atoms with Gasteiger partial charge in [0.05, 0.1) is 33.0 Å². The largest absolute Gasteiger partial charge is 0.508 e. The number of aliphatic hydroxyl groups is 2. The fourth-order valence-corrected chi connectivity index (χ4v) is 12.9. The van der Waals surface area contributed by atoms with E-state index < -0.39 is 55.0 Å². The zero-order chi connectivity index (χ0) is 58.0. The van der Waals surface area contributed by atoms with Crippen molar-refractivity contribution in [2.24, 2.45) is 0 Å². The molecule has 6 amide bonds. The Morgan fingerprint density at radius 1 is 0.500 bits per heavy atom. The first-order chi connectivity index (χ1) is 40.9. The lowest BCUT2D eigenvalue weighted by Gasteiger charge is -2.54. The van der Waals surface area contributed by atoms with Gasteiger partial charge >= 0.3 is 6.03 Å². The van der Waals surface area contributed by atoms with E-state index >= 15 is 0 Å². The van der Waals surface area contributed by atoms with Gasteiger partial charge < -0.3 is 50.7 Å². The predicted molar refractivity (Wildman–Crippen MR) is 317 cm³/mol. The Balaban J connectivity index is 0.754. The Morgan fingerprint density at radius 2 is 1.05 bits per heavy atom. The number of aromatic hydroxyl groups is 2. The molecule has 4 aliphatic heterocycles. The minimum absolute atomic E-state index is 0.0322. The van der Waals surface area contributed by atoms with Crippen molar-refractivity contribution in [1.29, 1.82) is 0 Å². The van der Waals surface area contributed by atoms with E-state index in [0.717, 1.165) is 66.1 Å². The van der Waals surface area contributed by atoms with Crippen LogP contribution in [0.4, 0.5) is 4.79 Å². The summed E-state index contributed by atoms with van der Waals surface area (Å²) in [7, 11) is 0. The Kier molecular flexibility index (Phi) is 15.8. The smallest absolute Gasteiger partial charge is 0.320 e. The summed E-state index contributed by atoms with van der Waals surface area (Å²) in [6.45, 7) is 0.997. The average molecular weight is 1130 g/mol. The van der Waals surface area contributed by atoms with Crippen molar-refractivity contribution in [2.75, 3.05) is 33.0 Å². The number of hydrogen-bond acceptors (Lipinski definition) is 11. The van der Waals surface area contributed by atoms with Crippen LogP contribution in [-0.4, -0.2) is 149 Å². The van der Waals surface area contributed by atoms with Crippen LogP contribution >= 0.6 is 0 Å². The van der Waals surface area contributed by atoms with Crippen molar-refractivity contribution in [1.82, 2.24) is 40.0 Å². The van der Waals surface area contributed by atoms with E-state index in [-0.39, 0.29) is 87.8 Å². The van der Waals surface area contributed by atoms with E-state index in [1.54, 1.807) is 46.2 Å². The quantitative estimate of drug-likeness (QED) is 0.0566. The summed E-state index contributed by atoms with van der Waals surface area (Å²) in [5.74, 6) is -0.978. The minimum Gasteiger partial charge on any atom is -0.508 e. The first-order valence-electron chi connectivity index (χ1n) is 28.6. The summed E-state index contributed by atoms with van der Waals surface area (Å²) < 4.78 is 0. The second kappa shape index (κ2) is 24.0. The van der Waals surface area contributed by atoms with E-state index in [1.807, 2.05) is 126 Å². The van der Waals surface area contributed by atoms with Crippen LogP contribution in [0.3, 0.4) is 0 Å². The van der Waals surface area contributed by atoms with Crippen LogP contribution in [0.5, 0.6) is 11.5 Å². The first kappa shape index (κ1) is 55.4. The molecule has 4 heterocycles. The normalized spacial score (nSPS) is 20.9. The summed E-state index contributed by atoms with van der Waals surface area (Å²) in [6, 6.07) is 53.1. The van der Waals surface area contributed by atoms with Crippen LogP contribution in [0.15, 0.2) is 182 Å². The fourth-order valence-electron chi connectivity index (χ4n) is 12.9. The summed E-state index contributed by atoms with van der Waals surface area (Å²) in [5, 5.41) is 52.0. The predicted octanol–water partition coefficient (Wildman–Crippen LogP) is 6.69. The molecule has 6 atom stereocenters. The Labute approximate surface area is 486 Å². The molecular weight excluding hydrogens is 1060 g/mol. The Hall–Kier alpha value is -9.13. The highest BCUT2D eigenvalue weighted by Crippen LogP contribution is 2.36. The number of fused-ring (bicyclic) bond motifs is 4. The summed E-state index contributed by atoms with van der Waals surface area (Å²) in [5.41, 5.74) is 7.15. The maximum atomic E-state index is 14.8. The van der Waals surface area contributed by atoms with Gasteiger partial charge in [0.15, 0.2) is 0 Å². The molecule has 4 aliphatic rings. The van der Waals surface area contributed by atoms with Crippen molar-refractivity contribution < 1.29 is 44.4 Å². The van der Waals surface area contributed by atoms with E-state index in [4.69, 9.17) is 0 Å². The van der Waals surface area contributed by atoms with Gasteiger partial charge in [-0.25, -0.2) is 4.79 Å². The topological polar surface area (TPSA) is 210 Å². The van der Waals surface area contributed by atoms with E-state index in [1.165, 1.54) is 21.9 Å². The number of piperazine rings is 2. The van der Waals surface area contributed by atoms with Crippen molar-refractivity contribution in [2.45, 2.75) is 81.9 Å². The van der Waals surface area contributed by atoms with Crippen LogP contribution in [0.2, 0.25) is 0 Å². The number of amides is 6. The number of nitrogens with zero attached hydrogens (tertiary/aromatic N) is 6. The van der Waals surface area contributed by atoms with Crippen LogP contribution in [-0.2, 0) is 58.2 Å². The lowest BCUT2D eigenvalue weighted by atomic mass is 9.94. The van der Waals surface area contributed by atoms with Gasteiger partial charge in [0, 0.05) is 51.5 Å². The lowest BCUT2D eigenvalue weighted by molar-refractivity contribution is -0.177. The summed E-state index contributed by atoms with van der Waals surface area (Å²) >= 11 is 0. The number of rotatable bonds is 17. The number of benzene rings is 8. The number of phenolic OH excluding ortho intramolecular Hbond substituents is 2. The number of hydrogen-bond donors (Lipinski definition) is 6.